The van der Waals surface area contributed by atoms with Gasteiger partial charge < -0.3 is 5.11 Å². The summed E-state index contributed by atoms with van der Waals surface area (Å²) in [7, 11) is 0. The highest BCUT2D eigenvalue weighted by atomic mass is 19.3. The maximum atomic E-state index is 13.0. The highest BCUT2D eigenvalue weighted by Gasteiger charge is 2.32. The number of benzene rings is 1. The fourth-order valence-electron chi connectivity index (χ4n) is 1.18. The van der Waals surface area contributed by atoms with Crippen molar-refractivity contribution >= 4 is 5.97 Å². The standard InChI is InChI=1S/C10H10F2O2/c11-10(12,7-9(13)14)6-8-4-2-1-3-5-8/h1-5H,6-7H2,(H,13,14). The largest absolute Gasteiger partial charge is 0.481 e. The molecule has 1 rings (SSSR count). The molecule has 0 spiro atoms. The lowest BCUT2D eigenvalue weighted by atomic mass is 10.1. The lowest BCUT2D eigenvalue weighted by molar-refractivity contribution is -0.144. The third-order valence-corrected chi connectivity index (χ3v) is 1.72. The molecule has 0 aliphatic heterocycles. The van der Waals surface area contributed by atoms with Crippen LogP contribution in [0.5, 0.6) is 0 Å². The minimum atomic E-state index is -3.17. The molecule has 0 unspecified atom stereocenters. The van der Waals surface area contributed by atoms with E-state index in [2.05, 4.69) is 0 Å². The molecule has 4 heteroatoms. The zero-order chi connectivity index (χ0) is 10.6. The predicted molar refractivity (Wildman–Crippen MR) is 47.3 cm³/mol. The first kappa shape index (κ1) is 10.6. The number of hydrogen-bond donors (Lipinski definition) is 1. The predicted octanol–water partition coefficient (Wildman–Crippen LogP) is 2.34. The summed E-state index contributed by atoms with van der Waals surface area (Å²) in [6.07, 6.45) is -1.65. The van der Waals surface area contributed by atoms with Crippen LogP contribution in [-0.2, 0) is 11.2 Å². The lowest BCUT2D eigenvalue weighted by Gasteiger charge is -2.13. The number of carboxylic acid groups (broad SMARTS) is 1. The van der Waals surface area contributed by atoms with Gasteiger partial charge in [-0.15, -0.1) is 0 Å². The Morgan fingerprint density at radius 1 is 1.29 bits per heavy atom. The lowest BCUT2D eigenvalue weighted by Crippen LogP contribution is -2.23. The molecule has 1 aromatic rings. The fraction of sp³-hybridized carbons (Fsp3) is 0.300. The molecule has 0 aromatic heterocycles. The average Bonchev–Trinajstić information content (AvgIpc) is 2.02. The van der Waals surface area contributed by atoms with Crippen LogP contribution >= 0.6 is 0 Å². The van der Waals surface area contributed by atoms with Gasteiger partial charge in [-0.05, 0) is 5.56 Å². The second-order valence-electron chi connectivity index (χ2n) is 3.09. The van der Waals surface area contributed by atoms with E-state index in [-0.39, 0.29) is 0 Å². The van der Waals surface area contributed by atoms with Crippen molar-refractivity contribution in [1.82, 2.24) is 0 Å². The van der Waals surface area contributed by atoms with E-state index in [0.29, 0.717) is 5.56 Å². The van der Waals surface area contributed by atoms with Crippen molar-refractivity contribution in [3.63, 3.8) is 0 Å². The summed E-state index contributed by atoms with van der Waals surface area (Å²) in [6, 6.07) is 8.11. The maximum absolute atomic E-state index is 13.0. The molecule has 0 bridgehead atoms. The van der Waals surface area contributed by atoms with E-state index in [1.165, 1.54) is 0 Å². The molecule has 0 saturated carbocycles. The molecule has 14 heavy (non-hydrogen) atoms. The second kappa shape index (κ2) is 4.17. The molecular formula is C10H10F2O2. The Balaban J connectivity index is 2.63. The molecule has 2 nitrogen and oxygen atoms in total. The third kappa shape index (κ3) is 3.51. The summed E-state index contributed by atoms with van der Waals surface area (Å²) in [5, 5.41) is 8.25. The summed E-state index contributed by atoms with van der Waals surface area (Å²) < 4.78 is 26.0. The van der Waals surface area contributed by atoms with Crippen LogP contribution in [0.1, 0.15) is 12.0 Å². The van der Waals surface area contributed by atoms with Gasteiger partial charge in [0.25, 0.3) is 5.92 Å². The van der Waals surface area contributed by atoms with Crippen molar-refractivity contribution in [3.8, 4) is 0 Å². The number of carboxylic acids is 1. The van der Waals surface area contributed by atoms with Crippen LogP contribution in [0.3, 0.4) is 0 Å². The van der Waals surface area contributed by atoms with Gasteiger partial charge in [-0.25, -0.2) is 8.78 Å². The highest BCUT2D eigenvalue weighted by Crippen LogP contribution is 2.23. The van der Waals surface area contributed by atoms with Gasteiger partial charge in [0.1, 0.15) is 6.42 Å². The van der Waals surface area contributed by atoms with Crippen LogP contribution in [-0.4, -0.2) is 17.0 Å². The number of aliphatic carboxylic acids is 1. The molecule has 0 radical (unpaired) electrons. The van der Waals surface area contributed by atoms with E-state index < -0.39 is 24.7 Å². The minimum absolute atomic E-state index is 0.443. The van der Waals surface area contributed by atoms with Crippen LogP contribution in [0.2, 0.25) is 0 Å². The molecule has 0 aliphatic carbocycles. The monoisotopic (exact) mass is 200 g/mol. The molecule has 1 N–H and O–H groups in total. The van der Waals surface area contributed by atoms with Crippen LogP contribution in [0.4, 0.5) is 8.78 Å². The number of hydrogen-bond acceptors (Lipinski definition) is 1. The molecular weight excluding hydrogens is 190 g/mol. The van der Waals surface area contributed by atoms with Crippen LogP contribution in [0, 0.1) is 0 Å². The number of halogens is 2. The summed E-state index contributed by atoms with van der Waals surface area (Å²) in [4.78, 5) is 10.1. The zero-order valence-corrected chi connectivity index (χ0v) is 7.41. The van der Waals surface area contributed by atoms with Gasteiger partial charge >= 0.3 is 5.97 Å². The Morgan fingerprint density at radius 2 is 1.86 bits per heavy atom. The minimum Gasteiger partial charge on any atom is -0.481 e. The van der Waals surface area contributed by atoms with Gasteiger partial charge in [0.2, 0.25) is 0 Å². The van der Waals surface area contributed by atoms with Crippen molar-refractivity contribution in [2.75, 3.05) is 0 Å². The highest BCUT2D eigenvalue weighted by molar-refractivity contribution is 5.67. The Labute approximate surface area is 80.2 Å². The Hall–Kier alpha value is -1.45. The molecule has 0 saturated heterocycles. The van der Waals surface area contributed by atoms with E-state index in [4.69, 9.17) is 5.11 Å². The SMILES string of the molecule is O=C(O)CC(F)(F)Cc1ccccc1. The zero-order valence-electron chi connectivity index (χ0n) is 7.41. The summed E-state index contributed by atoms with van der Waals surface area (Å²) in [6.45, 7) is 0. The van der Waals surface area contributed by atoms with Crippen LogP contribution < -0.4 is 0 Å². The Morgan fingerprint density at radius 3 is 2.36 bits per heavy atom. The normalized spacial score (nSPS) is 11.3. The molecule has 76 valence electrons. The second-order valence-corrected chi connectivity index (χ2v) is 3.09. The molecule has 0 fully saturated rings. The topological polar surface area (TPSA) is 37.3 Å². The summed E-state index contributed by atoms with van der Waals surface area (Å²) in [5.74, 6) is -4.65. The van der Waals surface area contributed by atoms with Gasteiger partial charge in [0.15, 0.2) is 0 Å². The van der Waals surface area contributed by atoms with Crippen molar-refractivity contribution in [2.45, 2.75) is 18.8 Å². The van der Waals surface area contributed by atoms with Gasteiger partial charge in [-0.2, -0.15) is 0 Å². The van der Waals surface area contributed by atoms with Gasteiger partial charge in [-0.1, -0.05) is 30.3 Å². The van der Waals surface area contributed by atoms with Crippen molar-refractivity contribution in [1.29, 1.82) is 0 Å². The van der Waals surface area contributed by atoms with Crippen molar-refractivity contribution < 1.29 is 18.7 Å². The summed E-state index contributed by atoms with van der Waals surface area (Å²) in [5.41, 5.74) is 0.443. The maximum Gasteiger partial charge on any atom is 0.309 e. The number of carbonyl (C=O) groups is 1. The Bertz CT molecular complexity index is 309. The molecule has 1 aromatic carbocycles. The quantitative estimate of drug-likeness (QED) is 0.809. The van der Waals surface area contributed by atoms with Crippen LogP contribution in [0.15, 0.2) is 30.3 Å². The molecule has 0 amide bonds. The van der Waals surface area contributed by atoms with Crippen LogP contribution in [0.25, 0.3) is 0 Å². The van der Waals surface area contributed by atoms with E-state index in [1.807, 2.05) is 0 Å². The van der Waals surface area contributed by atoms with E-state index in [0.717, 1.165) is 0 Å². The van der Waals surface area contributed by atoms with Crippen molar-refractivity contribution in [3.05, 3.63) is 35.9 Å². The molecule has 0 atom stereocenters. The van der Waals surface area contributed by atoms with Gasteiger partial charge in [-0.3, -0.25) is 4.79 Å². The van der Waals surface area contributed by atoms with Gasteiger partial charge in [0.05, 0.1) is 0 Å². The van der Waals surface area contributed by atoms with E-state index in [9.17, 15) is 13.6 Å². The first-order chi connectivity index (χ1) is 6.49. The number of rotatable bonds is 4. The fourth-order valence-corrected chi connectivity index (χ4v) is 1.18. The molecule has 0 heterocycles. The third-order valence-electron chi connectivity index (χ3n) is 1.72. The Kier molecular flexibility index (Phi) is 3.17. The molecule has 0 aliphatic rings. The van der Waals surface area contributed by atoms with Gasteiger partial charge in [0, 0.05) is 6.42 Å². The average molecular weight is 200 g/mol. The smallest absolute Gasteiger partial charge is 0.309 e. The van der Waals surface area contributed by atoms with E-state index in [1.54, 1.807) is 30.3 Å². The first-order valence-electron chi connectivity index (χ1n) is 4.13. The summed E-state index contributed by atoms with van der Waals surface area (Å²) >= 11 is 0. The first-order valence-corrected chi connectivity index (χ1v) is 4.13. The van der Waals surface area contributed by atoms with Crippen molar-refractivity contribution in [2.24, 2.45) is 0 Å². The number of alkyl halides is 2. The van der Waals surface area contributed by atoms with E-state index >= 15 is 0 Å².